The zero-order chi connectivity index (χ0) is 22.3. The second kappa shape index (κ2) is 10.5. The lowest BCUT2D eigenvalue weighted by Crippen LogP contribution is -2.06. The third kappa shape index (κ3) is 5.37. The first-order valence-electron chi connectivity index (χ1n) is 11.9. The van der Waals surface area contributed by atoms with Crippen molar-refractivity contribution in [2.75, 3.05) is 0 Å². The van der Waals surface area contributed by atoms with Crippen molar-refractivity contribution in [3.8, 4) is 0 Å². The van der Waals surface area contributed by atoms with Gasteiger partial charge in [-0.3, -0.25) is 0 Å². The second-order valence-electron chi connectivity index (χ2n) is 9.02. The molecule has 1 atom stereocenters. The molecule has 0 N–H and O–H groups in total. The molecule has 0 aliphatic heterocycles. The molecule has 162 valence electrons. The van der Waals surface area contributed by atoms with Crippen molar-refractivity contribution in [3.05, 3.63) is 124 Å². The maximum absolute atomic E-state index is 2.38. The van der Waals surface area contributed by atoms with Crippen molar-refractivity contribution in [3.63, 3.8) is 0 Å². The lowest BCUT2D eigenvalue weighted by Gasteiger charge is -2.20. The zero-order valence-electron chi connectivity index (χ0n) is 19.6. The Labute approximate surface area is 193 Å². The Balaban J connectivity index is 1.55. The normalized spacial score (nSPS) is 12.5. The van der Waals surface area contributed by atoms with E-state index in [1.807, 2.05) is 0 Å². The van der Waals surface area contributed by atoms with Gasteiger partial charge in [-0.2, -0.15) is 0 Å². The molecule has 0 aromatic heterocycles. The van der Waals surface area contributed by atoms with Gasteiger partial charge in [-0.05, 0) is 83.2 Å². The standard InChI is InChI=1S/C32H34/c1-4-10-31(23-27-19-20-28-12-5-6-14-30(28)22-27)32-16-8-7-13-29(32)15-9-11-26-18-17-24(2)25(3)21-26/h5-9,11-14,16-22,31H,4,10,15,23H2,1-3H3/b11-9+. The van der Waals surface area contributed by atoms with Crippen LogP contribution in [0, 0.1) is 13.8 Å². The lowest BCUT2D eigenvalue weighted by molar-refractivity contribution is 0.606. The Kier molecular flexibility index (Phi) is 7.22. The zero-order valence-corrected chi connectivity index (χ0v) is 19.6. The number of aryl methyl sites for hydroxylation is 2. The highest BCUT2D eigenvalue weighted by molar-refractivity contribution is 5.83. The van der Waals surface area contributed by atoms with Gasteiger partial charge in [-0.1, -0.05) is 110 Å². The summed E-state index contributed by atoms with van der Waals surface area (Å²) in [6.07, 6.45) is 9.07. The van der Waals surface area contributed by atoms with E-state index in [1.54, 1.807) is 0 Å². The van der Waals surface area contributed by atoms with Crippen LogP contribution in [-0.4, -0.2) is 0 Å². The summed E-state index contributed by atoms with van der Waals surface area (Å²) < 4.78 is 0. The van der Waals surface area contributed by atoms with Gasteiger partial charge in [-0.15, -0.1) is 0 Å². The smallest absolute Gasteiger partial charge is 0.00913 e. The molecule has 0 heteroatoms. The van der Waals surface area contributed by atoms with E-state index in [0.29, 0.717) is 5.92 Å². The van der Waals surface area contributed by atoms with Gasteiger partial charge in [-0.25, -0.2) is 0 Å². The quantitative estimate of drug-likeness (QED) is 0.268. The van der Waals surface area contributed by atoms with Crippen LogP contribution in [0.5, 0.6) is 0 Å². The Hall–Kier alpha value is -3.12. The van der Waals surface area contributed by atoms with E-state index in [1.165, 1.54) is 57.0 Å². The van der Waals surface area contributed by atoms with E-state index in [0.717, 1.165) is 12.8 Å². The lowest BCUT2D eigenvalue weighted by atomic mass is 9.84. The van der Waals surface area contributed by atoms with Gasteiger partial charge < -0.3 is 0 Å². The summed E-state index contributed by atoms with van der Waals surface area (Å²) in [5.41, 5.74) is 8.38. The third-order valence-corrected chi connectivity index (χ3v) is 6.61. The predicted octanol–water partition coefficient (Wildman–Crippen LogP) is 8.84. The molecule has 4 aromatic rings. The van der Waals surface area contributed by atoms with Crippen LogP contribution in [0.25, 0.3) is 16.8 Å². The van der Waals surface area contributed by atoms with Crippen LogP contribution < -0.4 is 0 Å². The van der Waals surface area contributed by atoms with Gasteiger partial charge in [0.1, 0.15) is 0 Å². The Morgan fingerprint density at radius 1 is 0.750 bits per heavy atom. The number of hydrogen-bond acceptors (Lipinski definition) is 0. The highest BCUT2D eigenvalue weighted by Gasteiger charge is 2.15. The van der Waals surface area contributed by atoms with Gasteiger partial charge in [0.25, 0.3) is 0 Å². The van der Waals surface area contributed by atoms with E-state index < -0.39 is 0 Å². The topological polar surface area (TPSA) is 0 Å². The van der Waals surface area contributed by atoms with E-state index in [9.17, 15) is 0 Å². The molecular weight excluding hydrogens is 384 g/mol. The van der Waals surface area contributed by atoms with Gasteiger partial charge >= 0.3 is 0 Å². The Bertz CT molecular complexity index is 1210. The average Bonchev–Trinajstić information content (AvgIpc) is 2.81. The van der Waals surface area contributed by atoms with Gasteiger partial charge in [0.05, 0.1) is 0 Å². The molecule has 0 fully saturated rings. The molecule has 0 saturated carbocycles. The number of hydrogen-bond donors (Lipinski definition) is 0. The van der Waals surface area contributed by atoms with Crippen LogP contribution in [-0.2, 0) is 12.8 Å². The van der Waals surface area contributed by atoms with Gasteiger partial charge in [0, 0.05) is 0 Å². The van der Waals surface area contributed by atoms with Crippen LogP contribution >= 0.6 is 0 Å². The van der Waals surface area contributed by atoms with Crippen molar-refractivity contribution in [2.24, 2.45) is 0 Å². The Morgan fingerprint density at radius 3 is 2.34 bits per heavy atom. The summed E-state index contributed by atoms with van der Waals surface area (Å²) in [7, 11) is 0. The van der Waals surface area contributed by atoms with Crippen molar-refractivity contribution < 1.29 is 0 Å². The average molecular weight is 419 g/mol. The van der Waals surface area contributed by atoms with Crippen LogP contribution in [0.4, 0.5) is 0 Å². The van der Waals surface area contributed by atoms with E-state index in [-0.39, 0.29) is 0 Å². The molecule has 0 heterocycles. The molecule has 4 aromatic carbocycles. The summed E-state index contributed by atoms with van der Waals surface area (Å²) >= 11 is 0. The first-order valence-corrected chi connectivity index (χ1v) is 11.9. The molecule has 1 unspecified atom stereocenters. The molecule has 0 spiro atoms. The van der Waals surface area contributed by atoms with Crippen molar-refractivity contribution in [1.82, 2.24) is 0 Å². The highest BCUT2D eigenvalue weighted by Crippen LogP contribution is 2.30. The molecule has 0 aliphatic carbocycles. The molecule has 0 amide bonds. The molecule has 0 radical (unpaired) electrons. The number of allylic oxidation sites excluding steroid dienone is 1. The van der Waals surface area contributed by atoms with Crippen LogP contribution in [0.2, 0.25) is 0 Å². The van der Waals surface area contributed by atoms with Crippen molar-refractivity contribution in [1.29, 1.82) is 0 Å². The van der Waals surface area contributed by atoms with E-state index >= 15 is 0 Å². The first-order chi connectivity index (χ1) is 15.6. The second-order valence-corrected chi connectivity index (χ2v) is 9.02. The third-order valence-electron chi connectivity index (χ3n) is 6.61. The summed E-state index contributed by atoms with van der Waals surface area (Å²) in [5, 5.41) is 2.66. The van der Waals surface area contributed by atoms with E-state index in [2.05, 4.69) is 118 Å². The van der Waals surface area contributed by atoms with Gasteiger partial charge in [0.15, 0.2) is 0 Å². The van der Waals surface area contributed by atoms with E-state index in [4.69, 9.17) is 0 Å². The first kappa shape index (κ1) is 22.1. The maximum Gasteiger partial charge on any atom is -0.00913 e. The highest BCUT2D eigenvalue weighted by atomic mass is 14.2. The van der Waals surface area contributed by atoms with Crippen molar-refractivity contribution >= 4 is 16.8 Å². The molecule has 4 rings (SSSR count). The summed E-state index contributed by atoms with van der Waals surface area (Å²) in [6, 6.07) is 31.4. The number of fused-ring (bicyclic) bond motifs is 1. The maximum atomic E-state index is 2.38. The molecule has 0 bridgehead atoms. The number of benzene rings is 4. The van der Waals surface area contributed by atoms with Crippen LogP contribution in [0.15, 0.2) is 91.0 Å². The van der Waals surface area contributed by atoms with Crippen LogP contribution in [0.3, 0.4) is 0 Å². The summed E-state index contributed by atoms with van der Waals surface area (Å²) in [5.74, 6) is 0.549. The largest absolute Gasteiger partial charge is 0.0795 e. The molecule has 0 saturated heterocycles. The fraction of sp³-hybridized carbons (Fsp3) is 0.250. The van der Waals surface area contributed by atoms with Crippen LogP contribution in [0.1, 0.15) is 59.1 Å². The Morgan fingerprint density at radius 2 is 1.53 bits per heavy atom. The molecule has 32 heavy (non-hydrogen) atoms. The van der Waals surface area contributed by atoms with Gasteiger partial charge in [0.2, 0.25) is 0 Å². The minimum absolute atomic E-state index is 0.549. The fourth-order valence-electron chi connectivity index (χ4n) is 4.67. The monoisotopic (exact) mass is 418 g/mol. The minimum atomic E-state index is 0.549. The SMILES string of the molecule is CCCC(Cc1ccc2ccccc2c1)c1ccccc1C/C=C/c1ccc(C)c(C)c1. The minimum Gasteiger partial charge on any atom is -0.0795 e. The predicted molar refractivity (Wildman–Crippen MR) is 140 cm³/mol. The summed E-state index contributed by atoms with van der Waals surface area (Å²) in [6.45, 7) is 6.65. The molecule has 0 nitrogen and oxygen atoms in total. The van der Waals surface area contributed by atoms with Crippen molar-refractivity contribution in [2.45, 2.75) is 52.4 Å². The number of rotatable bonds is 8. The summed E-state index contributed by atoms with van der Waals surface area (Å²) in [4.78, 5) is 0. The molecular formula is C32H34. The molecule has 0 aliphatic rings. The fourth-order valence-corrected chi connectivity index (χ4v) is 4.67.